The minimum Gasteiger partial charge on any atom is -0.483 e. The van der Waals surface area contributed by atoms with Gasteiger partial charge in [-0.2, -0.15) is 0 Å². The summed E-state index contributed by atoms with van der Waals surface area (Å²) in [5.74, 6) is 0.523. The van der Waals surface area contributed by atoms with Gasteiger partial charge in [0.1, 0.15) is 11.5 Å². The van der Waals surface area contributed by atoms with Crippen molar-refractivity contribution in [1.82, 2.24) is 0 Å². The van der Waals surface area contributed by atoms with E-state index in [-0.39, 0.29) is 25.0 Å². The van der Waals surface area contributed by atoms with Crippen molar-refractivity contribution in [1.29, 1.82) is 0 Å². The second-order valence-corrected chi connectivity index (χ2v) is 8.40. The molecule has 0 bridgehead atoms. The van der Waals surface area contributed by atoms with Crippen molar-refractivity contribution < 1.29 is 19.1 Å². The van der Waals surface area contributed by atoms with Crippen LogP contribution in [0.4, 0.5) is 11.4 Å². The summed E-state index contributed by atoms with van der Waals surface area (Å²) in [6, 6.07) is 15.6. The summed E-state index contributed by atoms with van der Waals surface area (Å²) in [5.41, 5.74) is 3.63. The summed E-state index contributed by atoms with van der Waals surface area (Å²) >= 11 is 11.9. The first-order valence-electron chi connectivity index (χ1n) is 10.2. The van der Waals surface area contributed by atoms with Gasteiger partial charge in [-0.1, -0.05) is 29.3 Å². The van der Waals surface area contributed by atoms with Crippen LogP contribution in [-0.2, 0) is 9.59 Å². The SMILES string of the molecule is Cc1ccc(NC(=O)COc2ccc(Cl)cc2C)cc1NC(=O)COc1ccc(Cl)cc1C. The molecule has 6 nitrogen and oxygen atoms in total. The molecule has 0 spiro atoms. The van der Waals surface area contributed by atoms with Crippen LogP contribution in [0.1, 0.15) is 16.7 Å². The lowest BCUT2D eigenvalue weighted by molar-refractivity contribution is -0.118. The summed E-state index contributed by atoms with van der Waals surface area (Å²) in [4.78, 5) is 24.7. The summed E-state index contributed by atoms with van der Waals surface area (Å²) in [6.45, 7) is 5.25. The molecule has 0 unspecified atom stereocenters. The third-order valence-electron chi connectivity index (χ3n) is 4.79. The number of hydrogen-bond acceptors (Lipinski definition) is 4. The van der Waals surface area contributed by atoms with E-state index < -0.39 is 0 Å². The van der Waals surface area contributed by atoms with Crippen LogP contribution in [0.3, 0.4) is 0 Å². The smallest absolute Gasteiger partial charge is 0.262 e. The number of halogens is 2. The van der Waals surface area contributed by atoms with Crippen molar-refractivity contribution >= 4 is 46.4 Å². The molecule has 3 aromatic rings. The molecule has 0 saturated carbocycles. The first-order valence-corrected chi connectivity index (χ1v) is 10.9. The predicted octanol–water partition coefficient (Wildman–Crippen LogP) is 5.95. The number of anilines is 2. The van der Waals surface area contributed by atoms with Gasteiger partial charge in [0.25, 0.3) is 11.8 Å². The van der Waals surface area contributed by atoms with Crippen LogP contribution >= 0.6 is 23.2 Å². The van der Waals surface area contributed by atoms with Crippen LogP contribution in [0.25, 0.3) is 0 Å². The summed E-state index contributed by atoms with van der Waals surface area (Å²) in [7, 11) is 0. The van der Waals surface area contributed by atoms with Crippen molar-refractivity contribution in [2.45, 2.75) is 20.8 Å². The maximum atomic E-state index is 12.4. The maximum Gasteiger partial charge on any atom is 0.262 e. The highest BCUT2D eigenvalue weighted by atomic mass is 35.5. The zero-order chi connectivity index (χ0) is 24.0. The predicted molar refractivity (Wildman–Crippen MR) is 132 cm³/mol. The molecule has 0 aliphatic carbocycles. The van der Waals surface area contributed by atoms with E-state index in [9.17, 15) is 9.59 Å². The van der Waals surface area contributed by atoms with Crippen LogP contribution in [0, 0.1) is 20.8 Å². The van der Waals surface area contributed by atoms with Gasteiger partial charge in [-0.05, 0) is 86.0 Å². The number of hydrogen-bond donors (Lipinski definition) is 2. The van der Waals surface area contributed by atoms with Crippen LogP contribution < -0.4 is 20.1 Å². The molecule has 8 heteroatoms. The molecule has 33 heavy (non-hydrogen) atoms. The third-order valence-corrected chi connectivity index (χ3v) is 5.26. The number of carbonyl (C=O) groups excluding carboxylic acids is 2. The van der Waals surface area contributed by atoms with E-state index in [1.54, 1.807) is 54.6 Å². The zero-order valence-corrected chi connectivity index (χ0v) is 20.0. The molecule has 3 rings (SSSR count). The Bertz CT molecular complexity index is 1180. The third kappa shape index (κ3) is 7.14. The standard InChI is InChI=1S/C25H24Cl2N2O4/c1-15-4-7-20(28-24(30)13-32-22-8-5-18(26)10-16(22)2)12-21(15)29-25(31)14-33-23-9-6-19(27)11-17(23)3/h4-12H,13-14H2,1-3H3,(H,28,30)(H,29,31). The highest BCUT2D eigenvalue weighted by Crippen LogP contribution is 2.24. The second kappa shape index (κ2) is 11.1. The molecule has 2 N–H and O–H groups in total. The molecule has 0 aliphatic rings. The summed E-state index contributed by atoms with van der Waals surface area (Å²) in [6.07, 6.45) is 0. The number of carbonyl (C=O) groups is 2. The Morgan fingerprint density at radius 3 is 1.73 bits per heavy atom. The lowest BCUT2D eigenvalue weighted by atomic mass is 10.1. The molecule has 0 heterocycles. The number of rotatable bonds is 8. The molecule has 0 aliphatic heterocycles. The van der Waals surface area contributed by atoms with Crippen molar-refractivity contribution in [3.63, 3.8) is 0 Å². The fraction of sp³-hybridized carbons (Fsp3) is 0.200. The number of nitrogens with one attached hydrogen (secondary N) is 2. The molecule has 3 aromatic carbocycles. The van der Waals surface area contributed by atoms with Crippen LogP contribution in [-0.4, -0.2) is 25.0 Å². The largest absolute Gasteiger partial charge is 0.483 e. The lowest BCUT2D eigenvalue weighted by Crippen LogP contribution is -2.22. The molecule has 0 saturated heterocycles. The lowest BCUT2D eigenvalue weighted by Gasteiger charge is -2.13. The average molecular weight is 487 g/mol. The topological polar surface area (TPSA) is 76.7 Å². The Balaban J connectivity index is 1.55. The van der Waals surface area contributed by atoms with E-state index >= 15 is 0 Å². The van der Waals surface area contributed by atoms with E-state index in [1.165, 1.54) is 0 Å². The van der Waals surface area contributed by atoms with E-state index in [0.29, 0.717) is 32.9 Å². The monoisotopic (exact) mass is 486 g/mol. The second-order valence-electron chi connectivity index (χ2n) is 7.52. The number of aryl methyl sites for hydroxylation is 3. The molecule has 0 aromatic heterocycles. The fourth-order valence-electron chi connectivity index (χ4n) is 3.05. The highest BCUT2D eigenvalue weighted by molar-refractivity contribution is 6.31. The van der Waals surface area contributed by atoms with Crippen molar-refractivity contribution in [3.05, 3.63) is 81.3 Å². The molecular weight excluding hydrogens is 463 g/mol. The number of benzene rings is 3. The first-order chi connectivity index (χ1) is 15.7. The number of amides is 2. The fourth-order valence-corrected chi connectivity index (χ4v) is 3.51. The van der Waals surface area contributed by atoms with E-state index in [2.05, 4.69) is 10.6 Å². The average Bonchev–Trinajstić information content (AvgIpc) is 2.75. The van der Waals surface area contributed by atoms with Crippen LogP contribution in [0.2, 0.25) is 10.0 Å². The van der Waals surface area contributed by atoms with Gasteiger partial charge in [-0.3, -0.25) is 9.59 Å². The van der Waals surface area contributed by atoms with Gasteiger partial charge in [0.2, 0.25) is 0 Å². The Hall–Kier alpha value is -3.22. The van der Waals surface area contributed by atoms with Gasteiger partial charge in [0, 0.05) is 21.4 Å². The van der Waals surface area contributed by atoms with Gasteiger partial charge in [0.15, 0.2) is 13.2 Å². The van der Waals surface area contributed by atoms with E-state index in [1.807, 2.05) is 20.8 Å². The van der Waals surface area contributed by atoms with Crippen LogP contribution in [0.15, 0.2) is 54.6 Å². The van der Waals surface area contributed by atoms with Crippen molar-refractivity contribution in [2.24, 2.45) is 0 Å². The van der Waals surface area contributed by atoms with E-state index in [0.717, 1.165) is 16.7 Å². The molecule has 0 radical (unpaired) electrons. The Kier molecular flexibility index (Phi) is 8.20. The number of ether oxygens (including phenoxy) is 2. The van der Waals surface area contributed by atoms with Crippen LogP contribution in [0.5, 0.6) is 11.5 Å². The Labute approximate surface area is 202 Å². The minimum atomic E-state index is -0.327. The minimum absolute atomic E-state index is 0.160. The highest BCUT2D eigenvalue weighted by Gasteiger charge is 2.11. The van der Waals surface area contributed by atoms with Gasteiger partial charge in [0.05, 0.1) is 0 Å². The molecule has 2 amide bonds. The Morgan fingerprint density at radius 1 is 0.697 bits per heavy atom. The molecular formula is C25H24Cl2N2O4. The van der Waals surface area contributed by atoms with Gasteiger partial charge in [-0.15, -0.1) is 0 Å². The molecule has 0 atom stereocenters. The zero-order valence-electron chi connectivity index (χ0n) is 18.5. The normalized spacial score (nSPS) is 10.5. The maximum absolute atomic E-state index is 12.4. The van der Waals surface area contributed by atoms with Gasteiger partial charge < -0.3 is 20.1 Å². The molecule has 172 valence electrons. The quantitative estimate of drug-likeness (QED) is 0.412. The summed E-state index contributed by atoms with van der Waals surface area (Å²) in [5, 5.41) is 6.79. The van der Waals surface area contributed by atoms with Gasteiger partial charge >= 0.3 is 0 Å². The molecule has 0 fully saturated rings. The first kappa shape index (κ1) is 24.4. The summed E-state index contributed by atoms with van der Waals surface area (Å²) < 4.78 is 11.2. The van der Waals surface area contributed by atoms with Gasteiger partial charge in [-0.25, -0.2) is 0 Å². The van der Waals surface area contributed by atoms with Crippen molar-refractivity contribution in [2.75, 3.05) is 23.8 Å². The Morgan fingerprint density at radius 2 is 1.21 bits per heavy atom. The van der Waals surface area contributed by atoms with Crippen molar-refractivity contribution in [3.8, 4) is 11.5 Å². The van der Waals surface area contributed by atoms with E-state index in [4.69, 9.17) is 32.7 Å².